The zero-order valence-electron chi connectivity index (χ0n) is 18.0. The monoisotopic (exact) mass is 428 g/mol. The first-order valence-corrected chi connectivity index (χ1v) is 10.8. The molecule has 0 fully saturated rings. The maximum absolute atomic E-state index is 13.6. The molecule has 0 spiro atoms. The van der Waals surface area contributed by atoms with E-state index in [1.54, 1.807) is 27.5 Å². The minimum atomic E-state index is -0.280. The molecule has 3 aromatic rings. The Hall–Kier alpha value is -3.74. The van der Waals surface area contributed by atoms with Gasteiger partial charge < -0.3 is 14.4 Å². The van der Waals surface area contributed by atoms with Crippen LogP contribution in [0.4, 0.5) is 0 Å². The van der Waals surface area contributed by atoms with E-state index >= 15 is 0 Å². The second kappa shape index (κ2) is 8.07. The Morgan fingerprint density at radius 2 is 1.75 bits per heavy atom. The fraction of sp³-hybridized carbons (Fsp3) is 0.280. The van der Waals surface area contributed by atoms with Crippen LogP contribution in [0.15, 0.2) is 59.7 Å². The molecule has 5 rings (SSSR count). The zero-order valence-corrected chi connectivity index (χ0v) is 18.0. The highest BCUT2D eigenvalue weighted by Crippen LogP contribution is 2.26. The minimum absolute atomic E-state index is 0.00889. The molecule has 0 N–H and O–H groups in total. The largest absolute Gasteiger partial charge is 0.338 e. The number of benzene rings is 1. The van der Waals surface area contributed by atoms with E-state index < -0.39 is 0 Å². The highest BCUT2D eigenvalue weighted by Gasteiger charge is 2.32. The summed E-state index contributed by atoms with van der Waals surface area (Å²) in [6, 6.07) is 13.5. The van der Waals surface area contributed by atoms with Crippen molar-refractivity contribution in [2.24, 2.45) is 0 Å². The van der Waals surface area contributed by atoms with Crippen LogP contribution >= 0.6 is 0 Å². The van der Waals surface area contributed by atoms with E-state index in [-0.39, 0.29) is 22.9 Å². The van der Waals surface area contributed by atoms with Crippen LogP contribution in [-0.4, -0.2) is 37.7 Å². The molecule has 2 amide bonds. The minimum Gasteiger partial charge on any atom is -0.338 e. The second-order valence-electron chi connectivity index (χ2n) is 8.39. The van der Waals surface area contributed by atoms with Crippen molar-refractivity contribution in [2.45, 2.75) is 39.5 Å². The fourth-order valence-corrected chi connectivity index (χ4v) is 4.60. The number of fused-ring (bicyclic) bond motifs is 2. The molecule has 0 unspecified atom stereocenters. The lowest BCUT2D eigenvalue weighted by molar-refractivity contribution is -0.129. The molecule has 7 nitrogen and oxygen atoms in total. The second-order valence-corrected chi connectivity index (χ2v) is 8.39. The SMILES string of the molecule is CC(=O)N1CCc2c(cn(Cc3ccccc3)c(=O)c2C(=O)N2Cc3cccnc3C2)C1. The van der Waals surface area contributed by atoms with Gasteiger partial charge in [0.2, 0.25) is 5.91 Å². The van der Waals surface area contributed by atoms with Crippen molar-refractivity contribution in [1.82, 2.24) is 19.4 Å². The summed E-state index contributed by atoms with van der Waals surface area (Å²) in [7, 11) is 0. The van der Waals surface area contributed by atoms with Crippen molar-refractivity contribution in [3.05, 3.63) is 98.7 Å². The molecule has 0 saturated carbocycles. The van der Waals surface area contributed by atoms with Crippen molar-refractivity contribution < 1.29 is 9.59 Å². The van der Waals surface area contributed by atoms with E-state index in [0.717, 1.165) is 27.9 Å². The summed E-state index contributed by atoms with van der Waals surface area (Å²) in [6.07, 6.45) is 4.04. The zero-order chi connectivity index (χ0) is 22.2. The predicted octanol–water partition coefficient (Wildman–Crippen LogP) is 2.35. The molecule has 7 heteroatoms. The van der Waals surface area contributed by atoms with Crippen LogP contribution < -0.4 is 5.56 Å². The Labute approximate surface area is 185 Å². The first-order valence-electron chi connectivity index (χ1n) is 10.8. The first-order chi connectivity index (χ1) is 15.5. The van der Waals surface area contributed by atoms with Crippen LogP contribution in [0.1, 0.15) is 45.2 Å². The van der Waals surface area contributed by atoms with Crippen molar-refractivity contribution in [2.75, 3.05) is 6.54 Å². The van der Waals surface area contributed by atoms with Crippen LogP contribution in [0.25, 0.3) is 0 Å². The third kappa shape index (κ3) is 3.60. The van der Waals surface area contributed by atoms with Gasteiger partial charge in [0.15, 0.2) is 0 Å². The van der Waals surface area contributed by atoms with Crippen LogP contribution in [0.5, 0.6) is 0 Å². The van der Waals surface area contributed by atoms with Gasteiger partial charge in [0.25, 0.3) is 11.5 Å². The van der Waals surface area contributed by atoms with Gasteiger partial charge in [-0.2, -0.15) is 0 Å². The highest BCUT2D eigenvalue weighted by molar-refractivity contribution is 5.96. The third-order valence-electron chi connectivity index (χ3n) is 6.30. The number of carbonyl (C=O) groups excluding carboxylic acids is 2. The lowest BCUT2D eigenvalue weighted by Gasteiger charge is -2.30. The highest BCUT2D eigenvalue weighted by atomic mass is 16.2. The van der Waals surface area contributed by atoms with Gasteiger partial charge >= 0.3 is 0 Å². The number of hydrogen-bond donors (Lipinski definition) is 0. The summed E-state index contributed by atoms with van der Waals surface area (Å²) in [5, 5.41) is 0. The molecule has 162 valence electrons. The Kier molecular flexibility index (Phi) is 5.09. The molecule has 0 aliphatic carbocycles. The number of rotatable bonds is 3. The smallest absolute Gasteiger partial charge is 0.264 e. The van der Waals surface area contributed by atoms with E-state index in [2.05, 4.69) is 4.98 Å². The van der Waals surface area contributed by atoms with Gasteiger partial charge in [0.05, 0.1) is 18.8 Å². The Morgan fingerprint density at radius 3 is 2.50 bits per heavy atom. The number of pyridine rings is 2. The molecule has 1 aromatic carbocycles. The number of hydrogen-bond acceptors (Lipinski definition) is 4. The Balaban J connectivity index is 1.57. The van der Waals surface area contributed by atoms with Gasteiger partial charge in [-0.25, -0.2) is 0 Å². The molecule has 0 bridgehead atoms. The number of amides is 2. The van der Waals surface area contributed by atoms with Gasteiger partial charge in [-0.3, -0.25) is 19.4 Å². The summed E-state index contributed by atoms with van der Waals surface area (Å²) in [4.78, 5) is 47.0. The number of carbonyl (C=O) groups is 2. The maximum atomic E-state index is 13.6. The normalized spacial score (nSPS) is 14.8. The standard InChI is InChI=1S/C25H24N4O3/c1-17(30)27-11-9-21-20(14-27)15-28(12-18-6-3-2-4-7-18)24(31)23(21)25(32)29-13-19-8-5-10-26-22(19)16-29/h2-8,10,15H,9,11-14,16H2,1H3. The summed E-state index contributed by atoms with van der Waals surface area (Å²) >= 11 is 0. The van der Waals surface area contributed by atoms with Gasteiger partial charge in [0.1, 0.15) is 5.56 Å². The van der Waals surface area contributed by atoms with Crippen LogP contribution in [0.2, 0.25) is 0 Å². The summed E-state index contributed by atoms with van der Waals surface area (Å²) in [5.74, 6) is -0.270. The van der Waals surface area contributed by atoms with Crippen molar-refractivity contribution in [3.8, 4) is 0 Å². The molecule has 0 saturated heterocycles. The average molecular weight is 428 g/mol. The molecule has 2 aliphatic rings. The molecular weight excluding hydrogens is 404 g/mol. The van der Waals surface area contributed by atoms with Crippen molar-refractivity contribution >= 4 is 11.8 Å². The topological polar surface area (TPSA) is 75.5 Å². The molecular formula is C25H24N4O3. The summed E-state index contributed by atoms with van der Waals surface area (Å²) < 4.78 is 1.60. The molecule has 2 aliphatic heterocycles. The summed E-state index contributed by atoms with van der Waals surface area (Å²) in [6.45, 7) is 3.68. The van der Waals surface area contributed by atoms with Crippen LogP contribution in [0.3, 0.4) is 0 Å². The third-order valence-corrected chi connectivity index (χ3v) is 6.30. The van der Waals surface area contributed by atoms with Gasteiger partial charge in [-0.05, 0) is 34.7 Å². The molecule has 0 atom stereocenters. The lowest BCUT2D eigenvalue weighted by atomic mass is 9.95. The van der Waals surface area contributed by atoms with E-state index in [0.29, 0.717) is 39.1 Å². The fourth-order valence-electron chi connectivity index (χ4n) is 4.60. The predicted molar refractivity (Wildman–Crippen MR) is 119 cm³/mol. The molecule has 0 radical (unpaired) electrons. The Bertz CT molecular complexity index is 1240. The quantitative estimate of drug-likeness (QED) is 0.642. The van der Waals surface area contributed by atoms with Crippen molar-refractivity contribution in [3.63, 3.8) is 0 Å². The number of nitrogens with zero attached hydrogens (tertiary/aromatic N) is 4. The van der Waals surface area contributed by atoms with E-state index in [4.69, 9.17) is 0 Å². The van der Waals surface area contributed by atoms with Crippen molar-refractivity contribution in [1.29, 1.82) is 0 Å². The van der Waals surface area contributed by atoms with E-state index in [1.807, 2.05) is 48.7 Å². The van der Waals surface area contributed by atoms with E-state index in [9.17, 15) is 14.4 Å². The van der Waals surface area contributed by atoms with Crippen LogP contribution in [0, 0.1) is 0 Å². The van der Waals surface area contributed by atoms with Gasteiger partial charge in [-0.15, -0.1) is 0 Å². The molecule has 2 aromatic heterocycles. The maximum Gasteiger partial charge on any atom is 0.264 e. The van der Waals surface area contributed by atoms with E-state index in [1.165, 1.54) is 0 Å². The number of aromatic nitrogens is 2. The van der Waals surface area contributed by atoms with Crippen LogP contribution in [-0.2, 0) is 37.4 Å². The molecule has 4 heterocycles. The van der Waals surface area contributed by atoms with Gasteiger partial charge in [0, 0.05) is 39.0 Å². The molecule has 32 heavy (non-hydrogen) atoms. The lowest BCUT2D eigenvalue weighted by Crippen LogP contribution is -2.41. The Morgan fingerprint density at radius 1 is 0.969 bits per heavy atom. The average Bonchev–Trinajstić information content (AvgIpc) is 3.24. The first kappa shape index (κ1) is 20.2. The van der Waals surface area contributed by atoms with Gasteiger partial charge in [-0.1, -0.05) is 36.4 Å². The summed E-state index contributed by atoms with van der Waals surface area (Å²) in [5.41, 5.74) is 4.44.